The quantitative estimate of drug-likeness (QED) is 0.565. The van der Waals surface area contributed by atoms with Crippen molar-refractivity contribution in [1.29, 1.82) is 0 Å². The molecule has 0 bridgehead atoms. The van der Waals surface area contributed by atoms with Crippen LogP contribution in [0.3, 0.4) is 0 Å². The molecule has 0 saturated carbocycles. The Labute approximate surface area is 124 Å². The summed E-state index contributed by atoms with van der Waals surface area (Å²) in [7, 11) is 0. The Morgan fingerprint density at radius 3 is 3.14 bits per heavy atom. The smallest absolute Gasteiger partial charge is 0.261 e. The van der Waals surface area contributed by atoms with Gasteiger partial charge in [-0.25, -0.2) is 9.50 Å². The van der Waals surface area contributed by atoms with Gasteiger partial charge < -0.3 is 10.1 Å². The van der Waals surface area contributed by atoms with Crippen molar-refractivity contribution in [3.63, 3.8) is 0 Å². The lowest BCUT2D eigenvalue weighted by Crippen LogP contribution is -2.12. The summed E-state index contributed by atoms with van der Waals surface area (Å²) in [5, 5.41) is 7.64. The van der Waals surface area contributed by atoms with E-state index in [1.807, 2.05) is 18.2 Å². The summed E-state index contributed by atoms with van der Waals surface area (Å²) in [5.41, 5.74) is 0.629. The number of imidazole rings is 1. The highest BCUT2D eigenvalue weighted by atomic mass is 16.5. The van der Waals surface area contributed by atoms with Gasteiger partial charge >= 0.3 is 0 Å². The molecule has 2 heterocycles. The molecule has 0 fully saturated rings. The molecule has 21 heavy (non-hydrogen) atoms. The van der Waals surface area contributed by atoms with Crippen molar-refractivity contribution in [2.45, 2.75) is 19.8 Å². The third-order valence-corrected chi connectivity index (χ3v) is 2.80. The third kappa shape index (κ3) is 4.39. The first kappa shape index (κ1) is 15.2. The number of fused-ring (bicyclic) bond motifs is 1. The minimum Gasteiger partial charge on any atom is -0.475 e. The zero-order chi connectivity index (χ0) is 14.9. The monoisotopic (exact) mass is 287 g/mol. The number of ether oxygens (including phenoxy) is 1. The lowest BCUT2D eigenvalue weighted by molar-refractivity contribution is 0.313. The molecule has 0 amide bonds. The predicted molar refractivity (Wildman–Crippen MR) is 83.3 cm³/mol. The first-order valence-corrected chi connectivity index (χ1v) is 7.17. The zero-order valence-corrected chi connectivity index (χ0v) is 12.3. The van der Waals surface area contributed by atoms with Crippen LogP contribution in [0.4, 0.5) is 0 Å². The van der Waals surface area contributed by atoms with Gasteiger partial charge in [-0.05, 0) is 32.0 Å². The maximum Gasteiger partial charge on any atom is 0.261 e. The van der Waals surface area contributed by atoms with Crippen molar-refractivity contribution in [3.05, 3.63) is 36.9 Å². The highest BCUT2D eigenvalue weighted by Gasteiger charge is 2.08. The maximum absolute atomic E-state index is 5.65. The third-order valence-electron chi connectivity index (χ3n) is 2.80. The van der Waals surface area contributed by atoms with Crippen LogP contribution >= 0.6 is 0 Å². The first-order chi connectivity index (χ1) is 10.3. The summed E-state index contributed by atoms with van der Waals surface area (Å²) in [6.45, 7) is 8.23. The van der Waals surface area contributed by atoms with Gasteiger partial charge in [0.25, 0.3) is 5.88 Å². The number of hydrogen-bond acceptors (Lipinski definition) is 5. The molecule has 0 atom stereocenters. The average Bonchev–Trinajstić information content (AvgIpc) is 2.96. The SMILES string of the molecule is C=CCCOc1nc(/C=C/CCNCC)nn2ccnc12. The van der Waals surface area contributed by atoms with Crippen LogP contribution in [-0.4, -0.2) is 39.3 Å². The van der Waals surface area contributed by atoms with Gasteiger partial charge in [0.05, 0.1) is 6.61 Å². The van der Waals surface area contributed by atoms with E-state index in [-0.39, 0.29) is 0 Å². The van der Waals surface area contributed by atoms with E-state index in [0.29, 0.717) is 24.0 Å². The van der Waals surface area contributed by atoms with Gasteiger partial charge in [-0.1, -0.05) is 19.1 Å². The fourth-order valence-corrected chi connectivity index (χ4v) is 1.77. The molecule has 1 N–H and O–H groups in total. The molecular formula is C15H21N5O. The van der Waals surface area contributed by atoms with Crippen molar-refractivity contribution in [2.24, 2.45) is 0 Å². The Kier molecular flexibility index (Phi) is 5.90. The van der Waals surface area contributed by atoms with Crippen LogP contribution in [0.2, 0.25) is 0 Å². The molecule has 0 aliphatic carbocycles. The second kappa shape index (κ2) is 8.16. The fraction of sp³-hybridized carbons (Fsp3) is 0.400. The Hall–Kier alpha value is -2.21. The average molecular weight is 287 g/mol. The molecule has 6 heteroatoms. The second-order valence-corrected chi connectivity index (χ2v) is 4.44. The fourth-order valence-electron chi connectivity index (χ4n) is 1.77. The van der Waals surface area contributed by atoms with Gasteiger partial charge in [0.15, 0.2) is 5.82 Å². The number of aromatic nitrogens is 4. The summed E-state index contributed by atoms with van der Waals surface area (Å²) in [6, 6.07) is 0. The van der Waals surface area contributed by atoms with E-state index in [2.05, 4.69) is 33.9 Å². The summed E-state index contributed by atoms with van der Waals surface area (Å²) in [6.07, 6.45) is 10.9. The number of nitrogens with one attached hydrogen (secondary N) is 1. The van der Waals surface area contributed by atoms with Crippen LogP contribution in [0, 0.1) is 0 Å². The second-order valence-electron chi connectivity index (χ2n) is 4.44. The highest BCUT2D eigenvalue weighted by molar-refractivity contribution is 5.51. The van der Waals surface area contributed by atoms with E-state index in [1.165, 1.54) is 0 Å². The van der Waals surface area contributed by atoms with Gasteiger partial charge in [-0.3, -0.25) is 0 Å². The van der Waals surface area contributed by atoms with Crippen LogP contribution in [0.5, 0.6) is 5.88 Å². The predicted octanol–water partition coefficient (Wildman–Crippen LogP) is 2.09. The van der Waals surface area contributed by atoms with Gasteiger partial charge in [-0.15, -0.1) is 11.7 Å². The molecule has 0 spiro atoms. The molecule has 0 radical (unpaired) electrons. The van der Waals surface area contributed by atoms with E-state index in [4.69, 9.17) is 4.74 Å². The molecule has 0 aliphatic heterocycles. The van der Waals surface area contributed by atoms with Crippen molar-refractivity contribution in [1.82, 2.24) is 24.9 Å². The maximum atomic E-state index is 5.65. The van der Waals surface area contributed by atoms with E-state index in [0.717, 1.165) is 25.9 Å². The van der Waals surface area contributed by atoms with E-state index in [1.54, 1.807) is 16.9 Å². The van der Waals surface area contributed by atoms with Crippen molar-refractivity contribution in [3.8, 4) is 5.88 Å². The molecule has 2 rings (SSSR count). The Balaban J connectivity index is 2.10. The molecule has 2 aromatic rings. The van der Waals surface area contributed by atoms with E-state index >= 15 is 0 Å². The lowest BCUT2D eigenvalue weighted by atomic mass is 10.3. The minimum atomic E-state index is 0.503. The molecule has 112 valence electrons. The number of rotatable bonds is 9. The molecule has 6 nitrogen and oxygen atoms in total. The summed E-state index contributed by atoms with van der Waals surface area (Å²) < 4.78 is 7.33. The normalized spacial score (nSPS) is 11.3. The van der Waals surface area contributed by atoms with Gasteiger partial charge in [0.2, 0.25) is 5.65 Å². The summed E-state index contributed by atoms with van der Waals surface area (Å²) >= 11 is 0. The number of nitrogens with zero attached hydrogens (tertiary/aromatic N) is 4. The van der Waals surface area contributed by atoms with Crippen molar-refractivity contribution in [2.75, 3.05) is 19.7 Å². The van der Waals surface area contributed by atoms with Crippen LogP contribution in [-0.2, 0) is 0 Å². The summed E-state index contributed by atoms with van der Waals surface area (Å²) in [4.78, 5) is 8.62. The van der Waals surface area contributed by atoms with Gasteiger partial charge in [0.1, 0.15) is 0 Å². The molecular weight excluding hydrogens is 266 g/mol. The van der Waals surface area contributed by atoms with E-state index < -0.39 is 0 Å². The minimum absolute atomic E-state index is 0.503. The Bertz CT molecular complexity index is 605. The van der Waals surface area contributed by atoms with Crippen molar-refractivity contribution < 1.29 is 4.74 Å². The van der Waals surface area contributed by atoms with Gasteiger partial charge in [0, 0.05) is 12.4 Å². The van der Waals surface area contributed by atoms with Crippen LogP contribution in [0.1, 0.15) is 25.6 Å². The molecule has 0 aliphatic rings. The lowest BCUT2D eigenvalue weighted by Gasteiger charge is -2.05. The van der Waals surface area contributed by atoms with Crippen LogP contribution in [0.15, 0.2) is 31.1 Å². The van der Waals surface area contributed by atoms with Crippen molar-refractivity contribution >= 4 is 11.7 Å². The largest absolute Gasteiger partial charge is 0.475 e. The standard InChI is InChI=1S/C15H21N5O/c1-3-5-12-21-15-14-17-10-11-20(14)19-13(18-15)8-6-7-9-16-4-2/h3,6,8,10-11,16H,1,4-5,7,9,12H2,2H3/b8-6+. The first-order valence-electron chi connectivity index (χ1n) is 7.17. The zero-order valence-electron chi connectivity index (χ0n) is 12.3. The van der Waals surface area contributed by atoms with Crippen LogP contribution in [0.25, 0.3) is 11.7 Å². The summed E-state index contributed by atoms with van der Waals surface area (Å²) in [5.74, 6) is 1.12. The topological polar surface area (TPSA) is 64.3 Å². The molecule has 0 saturated heterocycles. The van der Waals surface area contributed by atoms with E-state index in [9.17, 15) is 0 Å². The highest BCUT2D eigenvalue weighted by Crippen LogP contribution is 2.15. The Morgan fingerprint density at radius 2 is 2.33 bits per heavy atom. The van der Waals surface area contributed by atoms with Crippen LogP contribution < -0.4 is 10.1 Å². The number of hydrogen-bond donors (Lipinski definition) is 1. The Morgan fingerprint density at radius 1 is 1.43 bits per heavy atom. The molecule has 0 unspecified atom stereocenters. The van der Waals surface area contributed by atoms with Gasteiger partial charge in [-0.2, -0.15) is 4.98 Å². The molecule has 2 aromatic heterocycles. The molecule has 0 aromatic carbocycles.